The van der Waals surface area contributed by atoms with E-state index in [2.05, 4.69) is 377 Å². The Kier molecular flexibility index (Phi) is 30.6. The predicted octanol–water partition coefficient (Wildman–Crippen LogP) is 14.1. The standard InChI is InChI=1S/4C18H15P.2CHN.Pd.Zn/c4*1-4-10-16(11-5-1)19(17-12-6-2-7-13-17)18-14-8-3-9-15-18;2*1-2;;/h4*1-15H;2*1H;;. The van der Waals surface area contributed by atoms with Crippen molar-refractivity contribution in [3.8, 4) is 13.1 Å². The van der Waals surface area contributed by atoms with Crippen LogP contribution in [0, 0.1) is 23.7 Å². The molecule has 0 aliphatic rings. The SMILES string of the molecule is C#N.C#N.[Pd].[Zn].c1ccc(P(c2ccccc2)c2ccccc2)cc1.c1ccc(P(c2ccccc2)c2ccccc2)cc1.c1ccc(P(c2ccccc2)c2ccccc2)cc1.c1ccc(P(c2ccccc2)c2ccccc2)cc1. The van der Waals surface area contributed by atoms with E-state index in [9.17, 15) is 0 Å². The summed E-state index contributed by atoms with van der Waals surface area (Å²) in [7, 11) is -1.78. The van der Waals surface area contributed by atoms with E-state index >= 15 is 0 Å². The molecule has 400 valence electrons. The van der Waals surface area contributed by atoms with Crippen LogP contribution in [-0.4, -0.2) is 0 Å². The van der Waals surface area contributed by atoms with E-state index in [4.69, 9.17) is 10.5 Å². The van der Waals surface area contributed by atoms with Gasteiger partial charge in [-0.1, -0.05) is 364 Å². The van der Waals surface area contributed by atoms with Gasteiger partial charge < -0.3 is 0 Å². The predicted molar refractivity (Wildman–Crippen MR) is 354 cm³/mol. The van der Waals surface area contributed by atoms with Crippen molar-refractivity contribution < 1.29 is 39.9 Å². The Hall–Kier alpha value is -7.37. The summed E-state index contributed by atoms with van der Waals surface area (Å²) in [6.07, 6.45) is 0. The van der Waals surface area contributed by atoms with Gasteiger partial charge in [-0.2, -0.15) is 0 Å². The Morgan fingerprint density at radius 1 is 0.146 bits per heavy atom. The first kappa shape index (κ1) is 65.4. The number of hydrogen-bond acceptors (Lipinski definition) is 2. The molecule has 0 atom stereocenters. The second kappa shape index (κ2) is 38.4. The van der Waals surface area contributed by atoms with Gasteiger partial charge in [0.25, 0.3) is 0 Å². The van der Waals surface area contributed by atoms with E-state index in [0.29, 0.717) is 0 Å². The number of nitrogens with zero attached hydrogens (tertiary/aromatic N) is 2. The van der Waals surface area contributed by atoms with Gasteiger partial charge in [0, 0.05) is 53.0 Å². The van der Waals surface area contributed by atoms with E-state index in [1.165, 1.54) is 63.7 Å². The Balaban J connectivity index is 0.000000195. The van der Waals surface area contributed by atoms with E-state index in [-0.39, 0.29) is 39.9 Å². The van der Waals surface area contributed by atoms with Crippen LogP contribution in [0.1, 0.15) is 0 Å². The smallest absolute Gasteiger partial charge is 0.0462 e. The van der Waals surface area contributed by atoms with Gasteiger partial charge >= 0.3 is 0 Å². The van der Waals surface area contributed by atoms with Crippen LogP contribution in [0.5, 0.6) is 0 Å². The van der Waals surface area contributed by atoms with E-state index in [0.717, 1.165) is 0 Å². The van der Waals surface area contributed by atoms with Crippen molar-refractivity contribution in [2.24, 2.45) is 0 Å². The van der Waals surface area contributed by atoms with Crippen molar-refractivity contribution in [2.75, 3.05) is 0 Å². The summed E-state index contributed by atoms with van der Waals surface area (Å²) in [4.78, 5) is 0. The van der Waals surface area contributed by atoms with Crippen LogP contribution in [0.25, 0.3) is 0 Å². The van der Waals surface area contributed by atoms with Gasteiger partial charge in [0.2, 0.25) is 0 Å². The third kappa shape index (κ3) is 20.0. The number of rotatable bonds is 12. The third-order valence-corrected chi connectivity index (χ3v) is 21.9. The molecule has 0 spiro atoms. The molecule has 82 heavy (non-hydrogen) atoms. The summed E-state index contributed by atoms with van der Waals surface area (Å²) in [6, 6.07) is 129. The topological polar surface area (TPSA) is 47.6 Å². The quantitative estimate of drug-likeness (QED) is 0.0904. The summed E-state index contributed by atoms with van der Waals surface area (Å²) in [5.41, 5.74) is 0. The molecule has 8 heteroatoms. The van der Waals surface area contributed by atoms with E-state index < -0.39 is 31.7 Å². The van der Waals surface area contributed by atoms with Gasteiger partial charge in [-0.05, 0) is 95.3 Å². The van der Waals surface area contributed by atoms with Crippen LogP contribution < -0.4 is 63.7 Å². The average Bonchev–Trinajstić information content (AvgIpc) is 3.56. The molecule has 0 aliphatic heterocycles. The first-order chi connectivity index (χ1) is 39.8. The molecule has 0 fully saturated rings. The maximum atomic E-state index is 6.50. The van der Waals surface area contributed by atoms with Crippen LogP contribution >= 0.6 is 31.7 Å². The molecule has 0 radical (unpaired) electrons. The minimum absolute atomic E-state index is 0. The van der Waals surface area contributed by atoms with Crippen molar-refractivity contribution >= 4 is 95.3 Å². The van der Waals surface area contributed by atoms with Gasteiger partial charge in [0.1, 0.15) is 0 Å². The second-order valence-corrected chi connectivity index (χ2v) is 26.2. The minimum Gasteiger partial charge on any atom is -0.202 e. The molecule has 0 aromatic heterocycles. The summed E-state index contributed by atoms with van der Waals surface area (Å²) < 4.78 is 0. The normalized spacial score (nSPS) is 9.85. The average molecular weight is 1280 g/mol. The van der Waals surface area contributed by atoms with Gasteiger partial charge in [-0.3, -0.25) is 0 Å². The molecule has 0 N–H and O–H groups in total. The molecule has 2 nitrogen and oxygen atoms in total. The summed E-state index contributed by atoms with van der Waals surface area (Å²) in [5.74, 6) is 0. The van der Waals surface area contributed by atoms with Crippen molar-refractivity contribution in [3.05, 3.63) is 364 Å². The van der Waals surface area contributed by atoms with Gasteiger partial charge in [-0.15, -0.1) is 0 Å². The molecular formula is C74H62N2P4PdZn. The zero-order valence-electron chi connectivity index (χ0n) is 45.5. The monoisotopic (exact) mass is 1270 g/mol. The van der Waals surface area contributed by atoms with Crippen LogP contribution in [0.3, 0.4) is 0 Å². The molecule has 12 rings (SSSR count). The molecule has 0 bridgehead atoms. The molecule has 0 unspecified atom stereocenters. The van der Waals surface area contributed by atoms with Gasteiger partial charge in [0.05, 0.1) is 0 Å². The Morgan fingerprint density at radius 2 is 0.207 bits per heavy atom. The van der Waals surface area contributed by atoms with Crippen LogP contribution in [0.15, 0.2) is 364 Å². The van der Waals surface area contributed by atoms with Gasteiger partial charge in [0.15, 0.2) is 0 Å². The van der Waals surface area contributed by atoms with E-state index in [1.807, 2.05) is 0 Å². The molecule has 0 saturated carbocycles. The zero-order valence-corrected chi connectivity index (χ0v) is 53.6. The Labute approximate surface area is 518 Å². The molecule has 0 aliphatic carbocycles. The minimum atomic E-state index is -0.446. The fraction of sp³-hybridized carbons (Fsp3) is 0. The van der Waals surface area contributed by atoms with Crippen LogP contribution in [0.4, 0.5) is 0 Å². The maximum Gasteiger partial charge on any atom is 0.0462 e. The van der Waals surface area contributed by atoms with Crippen molar-refractivity contribution in [1.29, 1.82) is 10.5 Å². The second-order valence-electron chi connectivity index (χ2n) is 17.4. The third-order valence-electron chi connectivity index (χ3n) is 12.2. The maximum absolute atomic E-state index is 6.50. The molecule has 12 aromatic carbocycles. The Morgan fingerprint density at radius 3 is 0.268 bits per heavy atom. The fourth-order valence-electron chi connectivity index (χ4n) is 8.71. The van der Waals surface area contributed by atoms with Crippen molar-refractivity contribution in [1.82, 2.24) is 0 Å². The summed E-state index contributed by atoms with van der Waals surface area (Å²) >= 11 is 0. The fourth-order valence-corrected chi connectivity index (χ4v) is 17.9. The largest absolute Gasteiger partial charge is 0.202 e. The number of nitriles is 2. The number of hydrogen-bond donors (Lipinski definition) is 0. The van der Waals surface area contributed by atoms with Crippen LogP contribution in [-0.2, 0) is 39.9 Å². The molecule has 12 aromatic rings. The zero-order chi connectivity index (χ0) is 55.7. The van der Waals surface area contributed by atoms with Crippen molar-refractivity contribution in [3.63, 3.8) is 0 Å². The molecular weight excluding hydrogens is 1210 g/mol. The molecule has 0 heterocycles. The molecule has 0 amide bonds. The summed E-state index contributed by atoms with van der Waals surface area (Å²) in [6.45, 7) is 7.00. The van der Waals surface area contributed by atoms with Crippen molar-refractivity contribution in [2.45, 2.75) is 0 Å². The van der Waals surface area contributed by atoms with Crippen LogP contribution in [0.2, 0.25) is 0 Å². The first-order valence-corrected chi connectivity index (χ1v) is 31.5. The Bertz CT molecular complexity index is 2690. The first-order valence-electron chi connectivity index (χ1n) is 26.1. The molecule has 0 saturated heterocycles. The number of benzene rings is 12. The van der Waals surface area contributed by atoms with Gasteiger partial charge in [-0.25, -0.2) is 10.5 Å². The van der Waals surface area contributed by atoms with E-state index in [1.54, 1.807) is 0 Å². The summed E-state index contributed by atoms with van der Waals surface area (Å²) in [5, 5.41) is 29.8.